The third kappa shape index (κ3) is 4.28. The number of nitrogens with one attached hydrogen (secondary N) is 1. The summed E-state index contributed by atoms with van der Waals surface area (Å²) in [7, 11) is 0. The van der Waals surface area contributed by atoms with E-state index in [0.29, 0.717) is 6.04 Å². The molecule has 4 rings (SSSR count). The summed E-state index contributed by atoms with van der Waals surface area (Å²) in [6, 6.07) is 4.39. The monoisotopic (exact) mass is 411 g/mol. The van der Waals surface area contributed by atoms with E-state index in [1.54, 1.807) is 4.90 Å². The van der Waals surface area contributed by atoms with Gasteiger partial charge in [0.15, 0.2) is 0 Å². The number of piperidine rings is 1. The Kier molecular flexibility index (Phi) is 5.94. The number of benzene rings is 1. The van der Waals surface area contributed by atoms with Gasteiger partial charge in [0, 0.05) is 50.7 Å². The zero-order valence-corrected chi connectivity index (χ0v) is 17.8. The molecule has 3 N–H and O–H groups in total. The van der Waals surface area contributed by atoms with Crippen molar-refractivity contribution in [2.75, 3.05) is 39.3 Å². The summed E-state index contributed by atoms with van der Waals surface area (Å²) in [6.07, 6.45) is 5.57. The van der Waals surface area contributed by atoms with E-state index in [-0.39, 0.29) is 17.9 Å². The molecule has 8 nitrogen and oxygen atoms in total. The van der Waals surface area contributed by atoms with Crippen molar-refractivity contribution in [1.29, 1.82) is 0 Å². The van der Waals surface area contributed by atoms with Gasteiger partial charge in [0.25, 0.3) is 0 Å². The Morgan fingerprint density at radius 3 is 2.50 bits per heavy atom. The highest BCUT2D eigenvalue weighted by Gasteiger charge is 2.30. The fraction of sp³-hybridized carbons (Fsp3) is 0.545. The highest BCUT2D eigenvalue weighted by atomic mass is 16.2. The number of hydrogen-bond acceptors (Lipinski definition) is 4. The van der Waals surface area contributed by atoms with E-state index in [1.165, 1.54) is 0 Å². The van der Waals surface area contributed by atoms with Crippen molar-refractivity contribution in [3.05, 3.63) is 35.9 Å². The molecule has 2 aliphatic rings. The maximum atomic E-state index is 12.9. The lowest BCUT2D eigenvalue weighted by Gasteiger charge is -2.42. The molecule has 1 aromatic heterocycles. The Morgan fingerprint density at radius 1 is 1.13 bits per heavy atom. The molecule has 0 aliphatic carbocycles. The molecular weight excluding hydrogens is 380 g/mol. The van der Waals surface area contributed by atoms with Crippen LogP contribution < -0.4 is 5.73 Å². The molecule has 1 unspecified atom stereocenters. The number of carbonyl (C=O) groups is 2. The third-order valence-corrected chi connectivity index (χ3v) is 6.61. The highest BCUT2D eigenvalue weighted by molar-refractivity contribution is 5.87. The van der Waals surface area contributed by atoms with Gasteiger partial charge in [-0.15, -0.1) is 0 Å². The van der Waals surface area contributed by atoms with Crippen LogP contribution in [0.4, 0.5) is 4.79 Å². The van der Waals surface area contributed by atoms with Crippen LogP contribution in [-0.4, -0.2) is 82.1 Å². The molecule has 1 radical (unpaired) electrons. The van der Waals surface area contributed by atoms with Crippen molar-refractivity contribution in [3.8, 4) is 0 Å². The number of aryl methyl sites for hydroxylation is 1. The first kappa shape index (κ1) is 20.7. The van der Waals surface area contributed by atoms with Crippen molar-refractivity contribution in [1.82, 2.24) is 24.9 Å². The minimum Gasteiger partial charge on any atom is -0.351 e. The summed E-state index contributed by atoms with van der Waals surface area (Å²) < 4.78 is 0. The summed E-state index contributed by atoms with van der Waals surface area (Å²) in [5, 5.41) is 8.21. The summed E-state index contributed by atoms with van der Waals surface area (Å²) in [5.41, 5.74) is 8.70. The van der Waals surface area contributed by atoms with Crippen LogP contribution in [0.1, 0.15) is 36.8 Å². The zero-order valence-electron chi connectivity index (χ0n) is 17.8. The number of fused-ring (bicyclic) bond motifs is 1. The second-order valence-corrected chi connectivity index (χ2v) is 8.55. The predicted octanol–water partition coefficient (Wildman–Crippen LogP) is 1.87. The summed E-state index contributed by atoms with van der Waals surface area (Å²) in [5.74, 6) is 0.155. The van der Waals surface area contributed by atoms with Gasteiger partial charge >= 0.3 is 6.03 Å². The van der Waals surface area contributed by atoms with E-state index in [2.05, 4.69) is 41.1 Å². The number of aromatic nitrogens is 2. The average Bonchev–Trinajstić information content (AvgIpc) is 3.23. The number of rotatable bonds is 4. The van der Waals surface area contributed by atoms with Crippen LogP contribution in [0.5, 0.6) is 0 Å². The van der Waals surface area contributed by atoms with E-state index >= 15 is 0 Å². The molecule has 2 aliphatic heterocycles. The first-order chi connectivity index (χ1) is 14.4. The van der Waals surface area contributed by atoms with Crippen LogP contribution in [0.2, 0.25) is 0 Å². The maximum absolute atomic E-state index is 12.9. The van der Waals surface area contributed by atoms with Crippen LogP contribution in [-0.2, 0) is 4.79 Å². The molecule has 2 fully saturated rings. The Balaban J connectivity index is 1.28. The number of amides is 3. The quantitative estimate of drug-likeness (QED) is 0.802. The van der Waals surface area contributed by atoms with Crippen molar-refractivity contribution in [3.63, 3.8) is 0 Å². The molecule has 0 bridgehead atoms. The van der Waals surface area contributed by atoms with Gasteiger partial charge in [-0.1, -0.05) is 13.0 Å². The molecule has 0 saturated carbocycles. The summed E-state index contributed by atoms with van der Waals surface area (Å²) in [4.78, 5) is 30.3. The van der Waals surface area contributed by atoms with Gasteiger partial charge < -0.3 is 15.5 Å². The Labute approximate surface area is 177 Å². The number of nitrogens with zero attached hydrogens (tertiary/aromatic N) is 4. The largest absolute Gasteiger partial charge is 0.351 e. The lowest BCUT2D eigenvalue weighted by atomic mass is 9.94. The van der Waals surface area contributed by atoms with Gasteiger partial charge in [-0.3, -0.25) is 14.8 Å². The van der Waals surface area contributed by atoms with E-state index in [4.69, 9.17) is 5.73 Å². The van der Waals surface area contributed by atoms with Crippen molar-refractivity contribution in [2.24, 2.45) is 5.73 Å². The number of urea groups is 1. The number of aromatic amines is 1. The smallest absolute Gasteiger partial charge is 0.314 e. The minimum absolute atomic E-state index is 0.0478. The number of likely N-dealkylation sites (tertiary alicyclic amines) is 1. The minimum atomic E-state index is -0.323. The second-order valence-electron chi connectivity index (χ2n) is 8.55. The van der Waals surface area contributed by atoms with Gasteiger partial charge in [0.1, 0.15) is 0 Å². The number of primary amides is 1. The van der Waals surface area contributed by atoms with E-state index in [9.17, 15) is 9.59 Å². The van der Waals surface area contributed by atoms with Crippen LogP contribution in [0.3, 0.4) is 0 Å². The molecule has 1 atom stereocenters. The van der Waals surface area contributed by atoms with Gasteiger partial charge in [0.05, 0.1) is 18.1 Å². The van der Waals surface area contributed by atoms with Crippen LogP contribution >= 0.6 is 0 Å². The molecule has 2 aromatic rings. The van der Waals surface area contributed by atoms with E-state index in [1.807, 2.05) is 17.5 Å². The summed E-state index contributed by atoms with van der Waals surface area (Å²) >= 11 is 0. The van der Waals surface area contributed by atoms with Crippen LogP contribution in [0.15, 0.2) is 18.3 Å². The number of hydrogen-bond donors (Lipinski definition) is 2. The van der Waals surface area contributed by atoms with Gasteiger partial charge in [0.2, 0.25) is 5.91 Å². The lowest BCUT2D eigenvalue weighted by molar-refractivity contribution is -0.130. The first-order valence-corrected chi connectivity index (χ1v) is 10.8. The number of H-pyrrole nitrogens is 1. The number of carbonyl (C=O) groups excluding carboxylic acids is 2. The molecular formula is C22H31N6O2. The van der Waals surface area contributed by atoms with Gasteiger partial charge in [-0.05, 0) is 42.9 Å². The van der Waals surface area contributed by atoms with Crippen LogP contribution in [0.25, 0.3) is 10.9 Å². The Hall–Kier alpha value is -2.61. The van der Waals surface area contributed by atoms with Crippen LogP contribution in [0, 0.1) is 13.3 Å². The molecule has 1 aromatic carbocycles. The van der Waals surface area contributed by atoms with Crippen molar-refractivity contribution in [2.45, 2.75) is 38.6 Å². The first-order valence-electron chi connectivity index (χ1n) is 10.8. The Bertz CT molecular complexity index is 909. The molecule has 0 spiro atoms. The molecule has 8 heteroatoms. The number of piperazine rings is 1. The fourth-order valence-electron chi connectivity index (χ4n) is 4.70. The number of nitrogens with two attached hydrogens (primary N) is 1. The topological polar surface area (TPSA) is 98.6 Å². The van der Waals surface area contributed by atoms with Gasteiger partial charge in [-0.25, -0.2) is 4.79 Å². The lowest BCUT2D eigenvalue weighted by Crippen LogP contribution is -2.55. The normalized spacial score (nSPS) is 19.9. The zero-order chi connectivity index (χ0) is 21.3. The predicted molar refractivity (Wildman–Crippen MR) is 116 cm³/mol. The van der Waals surface area contributed by atoms with Crippen molar-refractivity contribution < 1.29 is 9.59 Å². The molecule has 161 valence electrons. The van der Waals surface area contributed by atoms with E-state index in [0.717, 1.165) is 74.1 Å². The molecule has 2 saturated heterocycles. The third-order valence-electron chi connectivity index (χ3n) is 6.61. The average molecular weight is 412 g/mol. The summed E-state index contributed by atoms with van der Waals surface area (Å²) in [6.45, 7) is 8.85. The van der Waals surface area contributed by atoms with Gasteiger partial charge in [-0.2, -0.15) is 5.10 Å². The fourth-order valence-corrected chi connectivity index (χ4v) is 4.70. The molecule has 30 heavy (non-hydrogen) atoms. The Morgan fingerprint density at radius 2 is 1.83 bits per heavy atom. The highest BCUT2D eigenvalue weighted by Crippen LogP contribution is 2.26. The standard InChI is InChI=1S/C22H31N6O2/c1-15(17-11-16(2)21-18(13-17)14-24-25-21)12-20(29)27-9-7-26(8-10-27)19-3-5-28(6-4-19)22(23)30/h11-15,19H,3-10H2,1-2H3,(H2,23,30)(H,24,25). The SMILES string of the molecule is Cc1cc(C(C)[CH]C(=O)N2CCN(C3CCN(C(N)=O)CC3)CC2)cc2cn[nH]c12. The molecule has 3 heterocycles. The molecule has 3 amide bonds. The van der Waals surface area contributed by atoms with Crippen molar-refractivity contribution >= 4 is 22.8 Å². The van der Waals surface area contributed by atoms with E-state index < -0.39 is 0 Å². The maximum Gasteiger partial charge on any atom is 0.314 e. The second kappa shape index (κ2) is 8.63.